The number of hydrogen-bond acceptors (Lipinski definition) is 3. The minimum Gasteiger partial charge on any atom is -0.379 e. The highest BCUT2D eigenvalue weighted by Gasteiger charge is 2.36. The SMILES string of the molecule is CN1CCN(C)C(=O)[C@@](C)(O)C1. The molecule has 0 aliphatic carbocycles. The summed E-state index contributed by atoms with van der Waals surface area (Å²) < 4.78 is 0. The van der Waals surface area contributed by atoms with Crippen LogP contribution < -0.4 is 0 Å². The Morgan fingerprint density at radius 1 is 1.42 bits per heavy atom. The van der Waals surface area contributed by atoms with Gasteiger partial charge in [-0.25, -0.2) is 0 Å². The predicted molar refractivity (Wildman–Crippen MR) is 45.8 cm³/mol. The van der Waals surface area contributed by atoms with Crippen molar-refractivity contribution < 1.29 is 9.90 Å². The second kappa shape index (κ2) is 3.03. The van der Waals surface area contributed by atoms with E-state index < -0.39 is 5.60 Å². The summed E-state index contributed by atoms with van der Waals surface area (Å²) in [4.78, 5) is 15.0. The third-order valence-corrected chi connectivity index (χ3v) is 2.20. The average Bonchev–Trinajstić information content (AvgIpc) is 2.03. The standard InChI is InChI=1S/C8H16N2O2/c1-8(12)6-9(2)4-5-10(3)7(8)11/h12H,4-6H2,1-3H3/t8-/m0/s1. The van der Waals surface area contributed by atoms with E-state index in [9.17, 15) is 9.90 Å². The van der Waals surface area contributed by atoms with Crippen molar-refractivity contribution in [3.05, 3.63) is 0 Å². The second-order valence-corrected chi connectivity index (χ2v) is 3.74. The van der Waals surface area contributed by atoms with E-state index in [-0.39, 0.29) is 5.91 Å². The van der Waals surface area contributed by atoms with E-state index >= 15 is 0 Å². The molecule has 70 valence electrons. The normalized spacial score (nSPS) is 33.7. The van der Waals surface area contributed by atoms with Crippen molar-refractivity contribution >= 4 is 5.91 Å². The highest BCUT2D eigenvalue weighted by atomic mass is 16.3. The minimum absolute atomic E-state index is 0.188. The lowest BCUT2D eigenvalue weighted by Crippen LogP contribution is -2.47. The summed E-state index contributed by atoms with van der Waals surface area (Å²) in [7, 11) is 3.62. The van der Waals surface area contributed by atoms with Gasteiger partial charge in [0.15, 0.2) is 5.60 Å². The minimum atomic E-state index is -1.22. The highest BCUT2D eigenvalue weighted by molar-refractivity contribution is 5.84. The molecular formula is C8H16N2O2. The van der Waals surface area contributed by atoms with Crippen molar-refractivity contribution in [2.45, 2.75) is 12.5 Å². The summed E-state index contributed by atoms with van der Waals surface area (Å²) >= 11 is 0. The van der Waals surface area contributed by atoms with Gasteiger partial charge in [0.2, 0.25) is 0 Å². The smallest absolute Gasteiger partial charge is 0.255 e. The van der Waals surface area contributed by atoms with Crippen LogP contribution in [0.3, 0.4) is 0 Å². The van der Waals surface area contributed by atoms with E-state index in [1.165, 1.54) is 0 Å². The molecule has 0 aromatic rings. The molecule has 1 N–H and O–H groups in total. The second-order valence-electron chi connectivity index (χ2n) is 3.74. The Hall–Kier alpha value is -0.610. The van der Waals surface area contributed by atoms with Crippen LogP contribution in [-0.4, -0.2) is 60.1 Å². The predicted octanol–water partition coefficient (Wildman–Crippen LogP) is -0.859. The Morgan fingerprint density at radius 3 is 2.58 bits per heavy atom. The van der Waals surface area contributed by atoms with E-state index in [1.54, 1.807) is 18.9 Å². The van der Waals surface area contributed by atoms with Crippen LogP contribution in [0.5, 0.6) is 0 Å². The average molecular weight is 172 g/mol. The van der Waals surface area contributed by atoms with Crippen molar-refractivity contribution in [3.63, 3.8) is 0 Å². The molecule has 4 heteroatoms. The van der Waals surface area contributed by atoms with Gasteiger partial charge in [-0.1, -0.05) is 0 Å². The van der Waals surface area contributed by atoms with Crippen molar-refractivity contribution in [1.29, 1.82) is 0 Å². The number of carbonyl (C=O) groups excluding carboxylic acids is 1. The lowest BCUT2D eigenvalue weighted by atomic mass is 10.1. The maximum absolute atomic E-state index is 11.5. The van der Waals surface area contributed by atoms with Gasteiger partial charge in [-0.05, 0) is 14.0 Å². The van der Waals surface area contributed by atoms with Crippen LogP contribution in [0.25, 0.3) is 0 Å². The zero-order valence-corrected chi connectivity index (χ0v) is 7.87. The molecule has 1 heterocycles. The molecule has 4 nitrogen and oxygen atoms in total. The Kier molecular flexibility index (Phi) is 2.39. The first-order valence-electron chi connectivity index (χ1n) is 4.10. The fraction of sp³-hybridized carbons (Fsp3) is 0.875. The van der Waals surface area contributed by atoms with Gasteiger partial charge in [-0.15, -0.1) is 0 Å². The third kappa shape index (κ3) is 1.76. The van der Waals surface area contributed by atoms with Gasteiger partial charge in [-0.2, -0.15) is 0 Å². The van der Waals surface area contributed by atoms with Crippen LogP contribution in [0.1, 0.15) is 6.92 Å². The first-order valence-corrected chi connectivity index (χ1v) is 4.10. The first kappa shape index (κ1) is 9.48. The number of hydrogen-bond donors (Lipinski definition) is 1. The van der Waals surface area contributed by atoms with Crippen LogP contribution in [0.2, 0.25) is 0 Å². The van der Waals surface area contributed by atoms with Gasteiger partial charge in [-0.3, -0.25) is 4.79 Å². The summed E-state index contributed by atoms with van der Waals surface area (Å²) in [6.07, 6.45) is 0. The van der Waals surface area contributed by atoms with Gasteiger partial charge < -0.3 is 14.9 Å². The molecule has 1 fully saturated rings. The van der Waals surface area contributed by atoms with Gasteiger partial charge in [0.05, 0.1) is 0 Å². The van der Waals surface area contributed by atoms with Crippen LogP contribution in [0.4, 0.5) is 0 Å². The molecule has 12 heavy (non-hydrogen) atoms. The maximum atomic E-state index is 11.5. The Bertz CT molecular complexity index is 191. The lowest BCUT2D eigenvalue weighted by Gasteiger charge is -2.25. The summed E-state index contributed by atoms with van der Waals surface area (Å²) in [6, 6.07) is 0. The fourth-order valence-corrected chi connectivity index (χ4v) is 1.51. The van der Waals surface area contributed by atoms with Crippen molar-refractivity contribution in [2.75, 3.05) is 33.7 Å². The molecule has 0 aromatic carbocycles. The molecule has 0 saturated carbocycles. The first-order chi connectivity index (χ1) is 5.43. The van der Waals surface area contributed by atoms with E-state index in [2.05, 4.69) is 0 Å². The Morgan fingerprint density at radius 2 is 2.00 bits per heavy atom. The molecule has 1 atom stereocenters. The van der Waals surface area contributed by atoms with Crippen LogP contribution in [0.15, 0.2) is 0 Å². The topological polar surface area (TPSA) is 43.8 Å². The van der Waals surface area contributed by atoms with E-state index in [0.717, 1.165) is 6.54 Å². The van der Waals surface area contributed by atoms with Crippen LogP contribution in [0, 0.1) is 0 Å². The van der Waals surface area contributed by atoms with Crippen LogP contribution in [-0.2, 0) is 4.79 Å². The summed E-state index contributed by atoms with van der Waals surface area (Å²) in [5, 5.41) is 9.73. The number of nitrogens with zero attached hydrogens (tertiary/aromatic N) is 2. The maximum Gasteiger partial charge on any atom is 0.255 e. The zero-order valence-electron chi connectivity index (χ0n) is 7.87. The highest BCUT2D eigenvalue weighted by Crippen LogP contribution is 2.12. The Balaban J connectivity index is 2.79. The summed E-state index contributed by atoms with van der Waals surface area (Å²) in [5.41, 5.74) is -1.22. The number of carbonyl (C=O) groups is 1. The third-order valence-electron chi connectivity index (χ3n) is 2.20. The van der Waals surface area contributed by atoms with Crippen LogP contribution >= 0.6 is 0 Å². The molecular weight excluding hydrogens is 156 g/mol. The molecule has 1 aliphatic rings. The molecule has 1 rings (SSSR count). The van der Waals surface area contributed by atoms with Crippen molar-refractivity contribution in [1.82, 2.24) is 9.80 Å². The fourth-order valence-electron chi connectivity index (χ4n) is 1.51. The Labute approximate surface area is 72.8 Å². The number of amides is 1. The molecule has 0 aromatic heterocycles. The molecule has 0 bridgehead atoms. The summed E-state index contributed by atoms with van der Waals surface area (Å²) in [6.45, 7) is 3.48. The quantitative estimate of drug-likeness (QED) is 0.517. The molecule has 0 spiro atoms. The largest absolute Gasteiger partial charge is 0.379 e. The summed E-state index contributed by atoms with van der Waals surface area (Å²) in [5.74, 6) is -0.188. The zero-order chi connectivity index (χ0) is 9.35. The van der Waals surface area contributed by atoms with Gasteiger partial charge in [0.25, 0.3) is 5.91 Å². The molecule has 1 aliphatic heterocycles. The van der Waals surface area contributed by atoms with Crippen molar-refractivity contribution in [3.8, 4) is 0 Å². The molecule has 1 saturated heterocycles. The van der Waals surface area contributed by atoms with Gasteiger partial charge in [0.1, 0.15) is 0 Å². The number of aliphatic hydroxyl groups is 1. The number of likely N-dealkylation sites (N-methyl/N-ethyl adjacent to an activating group) is 2. The van der Waals surface area contributed by atoms with E-state index in [1.807, 2.05) is 11.9 Å². The number of β-amino-alcohol motifs (C(OH)–C–C–N with tert-alkyl or cyclic N) is 1. The molecule has 0 radical (unpaired) electrons. The number of rotatable bonds is 0. The van der Waals surface area contributed by atoms with Gasteiger partial charge >= 0.3 is 0 Å². The monoisotopic (exact) mass is 172 g/mol. The molecule has 0 unspecified atom stereocenters. The lowest BCUT2D eigenvalue weighted by molar-refractivity contribution is -0.146. The van der Waals surface area contributed by atoms with Crippen molar-refractivity contribution in [2.24, 2.45) is 0 Å². The van der Waals surface area contributed by atoms with E-state index in [4.69, 9.17) is 0 Å². The van der Waals surface area contributed by atoms with Gasteiger partial charge in [0, 0.05) is 26.7 Å². The van der Waals surface area contributed by atoms with E-state index in [0.29, 0.717) is 13.1 Å². The molecule has 1 amide bonds.